The number of alkyl halides is 3. The maximum atomic E-state index is 13.3. The van der Waals surface area contributed by atoms with Gasteiger partial charge in [0, 0.05) is 16.1 Å². The average Bonchev–Trinajstić information content (AvgIpc) is 2.87. The molecule has 0 radical (unpaired) electrons. The highest BCUT2D eigenvalue weighted by atomic mass is 35.5. The molecule has 3 aromatic carbocycles. The summed E-state index contributed by atoms with van der Waals surface area (Å²) < 4.78 is 39.8. The van der Waals surface area contributed by atoms with Gasteiger partial charge in [0.25, 0.3) is 0 Å². The summed E-state index contributed by atoms with van der Waals surface area (Å²) >= 11 is 7.01. The second-order valence-electron chi connectivity index (χ2n) is 7.60. The molecular formula is C27H17ClF3N3OS. The Kier molecular flexibility index (Phi) is 7.63. The van der Waals surface area contributed by atoms with Crippen LogP contribution in [0.4, 0.5) is 18.9 Å². The van der Waals surface area contributed by atoms with Crippen LogP contribution in [0.15, 0.2) is 90.0 Å². The Morgan fingerprint density at radius 2 is 1.64 bits per heavy atom. The minimum absolute atomic E-state index is 0.244. The summed E-state index contributed by atoms with van der Waals surface area (Å²) in [7, 11) is 0. The molecule has 0 fully saturated rings. The van der Waals surface area contributed by atoms with Crippen LogP contribution in [0.25, 0.3) is 22.4 Å². The van der Waals surface area contributed by atoms with E-state index in [4.69, 9.17) is 11.6 Å². The number of nitrogens with one attached hydrogen (secondary N) is 1. The largest absolute Gasteiger partial charge is 0.418 e. The van der Waals surface area contributed by atoms with Gasteiger partial charge in [-0.05, 0) is 35.9 Å². The zero-order valence-electron chi connectivity index (χ0n) is 18.5. The summed E-state index contributed by atoms with van der Waals surface area (Å²) in [6.45, 7) is 0. The molecule has 0 unspecified atom stereocenters. The number of pyridine rings is 1. The predicted molar refractivity (Wildman–Crippen MR) is 136 cm³/mol. The molecule has 0 spiro atoms. The standard InChI is InChI=1S/C27H17ClF3N3OS/c28-19-12-10-17(11-13-19)20-14-24(18-6-2-1-3-7-18)34-26(21(20)15-32)36-16-25(35)33-23-9-5-4-8-22(23)27(29,30)31/h1-14H,16H2,(H,33,35). The molecule has 4 nitrogen and oxygen atoms in total. The lowest BCUT2D eigenvalue weighted by Gasteiger charge is -2.14. The number of carbonyl (C=O) groups excluding carboxylic acids is 1. The first-order valence-electron chi connectivity index (χ1n) is 10.6. The van der Waals surface area contributed by atoms with Crippen LogP contribution in [-0.4, -0.2) is 16.6 Å². The monoisotopic (exact) mass is 523 g/mol. The number of benzene rings is 3. The van der Waals surface area contributed by atoms with E-state index in [2.05, 4.69) is 16.4 Å². The Morgan fingerprint density at radius 1 is 0.972 bits per heavy atom. The van der Waals surface area contributed by atoms with Crippen molar-refractivity contribution in [1.29, 1.82) is 5.26 Å². The van der Waals surface area contributed by atoms with Gasteiger partial charge in [-0.1, -0.05) is 78.0 Å². The van der Waals surface area contributed by atoms with Gasteiger partial charge in [0.1, 0.15) is 11.1 Å². The van der Waals surface area contributed by atoms with Crippen LogP contribution in [0, 0.1) is 11.3 Å². The van der Waals surface area contributed by atoms with Crippen LogP contribution in [0.5, 0.6) is 0 Å². The van der Waals surface area contributed by atoms with Gasteiger partial charge in [0.05, 0.1) is 28.3 Å². The van der Waals surface area contributed by atoms with Crippen LogP contribution in [0.2, 0.25) is 5.02 Å². The molecule has 4 rings (SSSR count). The highest BCUT2D eigenvalue weighted by Crippen LogP contribution is 2.36. The lowest BCUT2D eigenvalue weighted by Crippen LogP contribution is -2.18. The van der Waals surface area contributed by atoms with Crippen LogP contribution >= 0.6 is 23.4 Å². The summed E-state index contributed by atoms with van der Waals surface area (Å²) in [4.78, 5) is 17.2. The number of hydrogen-bond donors (Lipinski definition) is 1. The number of halogens is 4. The second-order valence-corrected chi connectivity index (χ2v) is 9.00. The third-order valence-electron chi connectivity index (χ3n) is 5.17. The first-order valence-corrected chi connectivity index (χ1v) is 12.0. The van der Waals surface area contributed by atoms with Crippen LogP contribution in [-0.2, 0) is 11.0 Å². The molecule has 1 amide bonds. The normalized spacial score (nSPS) is 11.1. The summed E-state index contributed by atoms with van der Waals surface area (Å²) in [5.41, 5.74) is 1.73. The topological polar surface area (TPSA) is 65.8 Å². The fourth-order valence-corrected chi connectivity index (χ4v) is 4.44. The molecular weight excluding hydrogens is 507 g/mol. The average molecular weight is 524 g/mol. The lowest BCUT2D eigenvalue weighted by atomic mass is 9.99. The van der Waals surface area contributed by atoms with Gasteiger partial charge in [-0.3, -0.25) is 4.79 Å². The molecule has 0 aliphatic heterocycles. The van der Waals surface area contributed by atoms with Crippen molar-refractivity contribution >= 4 is 35.0 Å². The molecule has 1 N–H and O–H groups in total. The molecule has 180 valence electrons. The van der Waals surface area contributed by atoms with Gasteiger partial charge < -0.3 is 5.32 Å². The number of anilines is 1. The minimum atomic E-state index is -4.61. The van der Waals surface area contributed by atoms with E-state index in [1.54, 1.807) is 30.3 Å². The molecule has 0 aliphatic carbocycles. The van der Waals surface area contributed by atoms with Crippen molar-refractivity contribution in [3.8, 4) is 28.5 Å². The van der Waals surface area contributed by atoms with Gasteiger partial charge in [-0.2, -0.15) is 18.4 Å². The smallest absolute Gasteiger partial charge is 0.325 e. The molecule has 1 heterocycles. The number of nitrogens with zero attached hydrogens (tertiary/aromatic N) is 2. The van der Waals surface area contributed by atoms with Gasteiger partial charge in [0.15, 0.2) is 0 Å². The van der Waals surface area contributed by atoms with Crippen molar-refractivity contribution in [3.05, 3.63) is 101 Å². The van der Waals surface area contributed by atoms with E-state index in [0.29, 0.717) is 21.3 Å². The first kappa shape index (κ1) is 25.3. The minimum Gasteiger partial charge on any atom is -0.325 e. The van der Waals surface area contributed by atoms with Crippen molar-refractivity contribution in [2.45, 2.75) is 11.2 Å². The molecule has 36 heavy (non-hydrogen) atoms. The Hall–Kier alpha value is -3.80. The Labute approximate surface area is 214 Å². The molecule has 0 saturated carbocycles. The Bertz CT molecular complexity index is 1440. The quantitative estimate of drug-likeness (QED) is 0.263. The maximum Gasteiger partial charge on any atom is 0.418 e. The molecule has 4 aromatic rings. The fraction of sp³-hybridized carbons (Fsp3) is 0.0741. The second kappa shape index (κ2) is 10.9. The number of rotatable bonds is 6. The summed E-state index contributed by atoms with van der Waals surface area (Å²) in [5, 5.41) is 13.1. The van der Waals surface area contributed by atoms with Crippen molar-refractivity contribution < 1.29 is 18.0 Å². The van der Waals surface area contributed by atoms with Gasteiger partial charge in [-0.15, -0.1) is 0 Å². The highest BCUT2D eigenvalue weighted by Gasteiger charge is 2.33. The SMILES string of the molecule is N#Cc1c(-c2ccc(Cl)cc2)cc(-c2ccccc2)nc1SCC(=O)Nc1ccccc1C(F)(F)F. The lowest BCUT2D eigenvalue weighted by molar-refractivity contribution is -0.137. The first-order chi connectivity index (χ1) is 17.3. The van der Waals surface area contributed by atoms with E-state index in [1.807, 2.05) is 30.3 Å². The van der Waals surface area contributed by atoms with Crippen molar-refractivity contribution in [1.82, 2.24) is 4.98 Å². The molecule has 1 aromatic heterocycles. The number of carbonyl (C=O) groups is 1. The van der Waals surface area contributed by atoms with E-state index < -0.39 is 17.6 Å². The third kappa shape index (κ3) is 5.88. The van der Waals surface area contributed by atoms with Crippen LogP contribution < -0.4 is 5.32 Å². The Balaban J connectivity index is 1.67. The van der Waals surface area contributed by atoms with Gasteiger partial charge in [-0.25, -0.2) is 4.98 Å². The third-order valence-corrected chi connectivity index (χ3v) is 6.40. The zero-order chi connectivity index (χ0) is 25.7. The number of thioether (sulfide) groups is 1. The fourth-order valence-electron chi connectivity index (χ4n) is 3.51. The molecule has 0 atom stereocenters. The van der Waals surface area contributed by atoms with E-state index in [1.165, 1.54) is 18.2 Å². The van der Waals surface area contributed by atoms with E-state index in [-0.39, 0.29) is 17.0 Å². The number of nitriles is 1. The summed E-state index contributed by atoms with van der Waals surface area (Å²) in [5.74, 6) is -0.896. The molecule has 0 bridgehead atoms. The highest BCUT2D eigenvalue weighted by molar-refractivity contribution is 8.00. The molecule has 9 heteroatoms. The van der Waals surface area contributed by atoms with Crippen molar-refractivity contribution in [2.24, 2.45) is 0 Å². The number of hydrogen-bond acceptors (Lipinski definition) is 4. The van der Waals surface area contributed by atoms with E-state index in [9.17, 15) is 23.2 Å². The summed E-state index contributed by atoms with van der Waals surface area (Å²) in [6, 6.07) is 25.0. The van der Waals surface area contributed by atoms with Gasteiger partial charge in [0.2, 0.25) is 5.91 Å². The molecule has 0 aliphatic rings. The number of amides is 1. The van der Waals surface area contributed by atoms with Gasteiger partial charge >= 0.3 is 6.18 Å². The van der Waals surface area contributed by atoms with Crippen LogP contribution in [0.3, 0.4) is 0 Å². The number of para-hydroxylation sites is 1. The molecule has 0 saturated heterocycles. The van der Waals surface area contributed by atoms with Crippen LogP contribution in [0.1, 0.15) is 11.1 Å². The predicted octanol–water partition coefficient (Wildman–Crippen LogP) is 7.69. The van der Waals surface area contributed by atoms with Crippen molar-refractivity contribution in [2.75, 3.05) is 11.1 Å². The Morgan fingerprint density at radius 3 is 2.31 bits per heavy atom. The number of aromatic nitrogens is 1. The van der Waals surface area contributed by atoms with Crippen molar-refractivity contribution in [3.63, 3.8) is 0 Å². The summed E-state index contributed by atoms with van der Waals surface area (Å²) in [6.07, 6.45) is -4.61. The van der Waals surface area contributed by atoms with E-state index >= 15 is 0 Å². The van der Waals surface area contributed by atoms with E-state index in [0.717, 1.165) is 29.0 Å². The zero-order valence-corrected chi connectivity index (χ0v) is 20.1. The maximum absolute atomic E-state index is 13.3.